The zero-order valence-electron chi connectivity index (χ0n) is 9.29. The van der Waals surface area contributed by atoms with Crippen LogP contribution >= 0.6 is 0 Å². The van der Waals surface area contributed by atoms with Crippen LogP contribution in [0.3, 0.4) is 0 Å². The topological polar surface area (TPSA) is 145 Å². The molecule has 0 unspecified atom stereocenters. The van der Waals surface area contributed by atoms with Gasteiger partial charge in [0.05, 0.1) is 18.8 Å². The lowest BCUT2D eigenvalue weighted by Gasteiger charge is -2.44. The Morgan fingerprint density at radius 1 is 1.39 bits per heavy atom. The number of aliphatic hydroxyl groups excluding tert-OH is 2. The number of carbonyl (C=O) groups is 1. The number of rotatable bonds is 2. The van der Waals surface area contributed by atoms with Gasteiger partial charge in [-0.25, -0.2) is 4.79 Å². The van der Waals surface area contributed by atoms with Gasteiger partial charge in [0.25, 0.3) is 0 Å². The second-order valence-electron chi connectivity index (χ2n) is 4.31. The molecule has 0 bridgehead atoms. The van der Waals surface area contributed by atoms with Crippen LogP contribution in [0, 0.1) is 0 Å². The van der Waals surface area contributed by atoms with Crippen molar-refractivity contribution in [1.82, 2.24) is 0 Å². The van der Waals surface area contributed by atoms with E-state index in [0.717, 1.165) is 0 Å². The van der Waals surface area contributed by atoms with Gasteiger partial charge in [-0.3, -0.25) is 0 Å². The van der Waals surface area contributed by atoms with E-state index in [-0.39, 0.29) is 13.0 Å². The molecule has 0 spiro atoms. The number of aliphatic hydroxyl groups is 2. The average Bonchev–Trinajstić information content (AvgIpc) is 2.33. The molecular weight excluding hydrogens is 246 g/mol. The average molecular weight is 259 g/mol. The zero-order valence-corrected chi connectivity index (χ0v) is 9.29. The molecule has 100 valence electrons. The summed E-state index contributed by atoms with van der Waals surface area (Å²) in [6.07, 6.45) is -5.65. The van der Waals surface area contributed by atoms with E-state index in [9.17, 15) is 15.0 Å². The molecule has 3 N–H and O–H groups in total. The third-order valence-corrected chi connectivity index (χ3v) is 3.13. The Kier molecular flexibility index (Phi) is 3.69. The van der Waals surface area contributed by atoms with E-state index in [2.05, 4.69) is 10.0 Å². The maximum atomic E-state index is 10.9. The number of hydrogen-bond acceptors (Lipinski definition) is 6. The summed E-state index contributed by atoms with van der Waals surface area (Å²) in [7, 11) is 0. The third kappa shape index (κ3) is 2.26. The first kappa shape index (κ1) is 13.1. The van der Waals surface area contributed by atoms with Gasteiger partial charge in [0, 0.05) is 4.91 Å². The smallest absolute Gasteiger partial charge is 0.335 e. The minimum Gasteiger partial charge on any atom is -0.479 e. The lowest BCUT2D eigenvalue weighted by Crippen LogP contribution is -2.62. The summed E-state index contributed by atoms with van der Waals surface area (Å²) in [6.45, 7) is 0.107. The molecule has 0 amide bonds. The van der Waals surface area contributed by atoms with E-state index in [0.29, 0.717) is 0 Å². The Labute approximate surface area is 102 Å². The molecule has 0 saturated carbocycles. The van der Waals surface area contributed by atoms with E-state index < -0.39 is 42.5 Å². The maximum absolute atomic E-state index is 10.9. The fourth-order valence-corrected chi connectivity index (χ4v) is 2.25. The summed E-state index contributed by atoms with van der Waals surface area (Å²) in [5.41, 5.74) is 8.33. The van der Waals surface area contributed by atoms with Crippen LogP contribution in [0.2, 0.25) is 0 Å². The minimum absolute atomic E-state index is 0.107. The first-order valence-electron chi connectivity index (χ1n) is 5.44. The molecule has 2 rings (SSSR count). The molecule has 2 heterocycles. The highest BCUT2D eigenvalue weighted by Gasteiger charge is 2.50. The molecular formula is C9H13N3O6. The normalized spacial score (nSPS) is 43.7. The van der Waals surface area contributed by atoms with Gasteiger partial charge in [0.1, 0.15) is 18.3 Å². The van der Waals surface area contributed by atoms with E-state index in [1.165, 1.54) is 0 Å². The van der Waals surface area contributed by atoms with Gasteiger partial charge in [-0.1, -0.05) is 5.11 Å². The molecule has 0 aromatic rings. The largest absolute Gasteiger partial charge is 0.479 e. The van der Waals surface area contributed by atoms with Crippen molar-refractivity contribution in [2.24, 2.45) is 5.11 Å². The SMILES string of the molecule is [N-]=[N+]=N[C@H]1CO[C@@H]2[C@@H](O)[C@H](O)[C@@H](C(=O)O)O[C@@H]2C1. The van der Waals surface area contributed by atoms with Crippen LogP contribution in [0.15, 0.2) is 5.11 Å². The summed E-state index contributed by atoms with van der Waals surface area (Å²) in [4.78, 5) is 13.5. The predicted molar refractivity (Wildman–Crippen MR) is 55.6 cm³/mol. The molecule has 0 aromatic carbocycles. The Morgan fingerprint density at radius 3 is 2.72 bits per heavy atom. The number of ether oxygens (including phenoxy) is 2. The molecule has 2 fully saturated rings. The molecule has 9 heteroatoms. The van der Waals surface area contributed by atoms with E-state index >= 15 is 0 Å². The van der Waals surface area contributed by atoms with Crippen molar-refractivity contribution in [1.29, 1.82) is 0 Å². The van der Waals surface area contributed by atoms with Crippen molar-refractivity contribution in [3.05, 3.63) is 10.4 Å². The van der Waals surface area contributed by atoms with Crippen molar-refractivity contribution in [3.8, 4) is 0 Å². The van der Waals surface area contributed by atoms with Crippen LogP contribution in [0.25, 0.3) is 10.4 Å². The number of aliphatic carboxylic acids is 1. The Hall–Kier alpha value is -1.38. The number of nitrogens with zero attached hydrogens (tertiary/aromatic N) is 3. The van der Waals surface area contributed by atoms with Crippen molar-refractivity contribution < 1.29 is 29.6 Å². The number of hydrogen-bond donors (Lipinski definition) is 3. The first-order valence-corrected chi connectivity index (χ1v) is 5.44. The van der Waals surface area contributed by atoms with Crippen LogP contribution in [-0.2, 0) is 14.3 Å². The van der Waals surface area contributed by atoms with Gasteiger partial charge in [-0.05, 0) is 12.0 Å². The maximum Gasteiger partial charge on any atom is 0.335 e. The summed E-state index contributed by atoms with van der Waals surface area (Å²) >= 11 is 0. The quantitative estimate of drug-likeness (QED) is 0.330. The zero-order chi connectivity index (χ0) is 13.3. The second-order valence-corrected chi connectivity index (χ2v) is 4.31. The highest BCUT2D eigenvalue weighted by Crippen LogP contribution is 2.30. The van der Waals surface area contributed by atoms with Crippen molar-refractivity contribution in [2.45, 2.75) is 43.0 Å². The van der Waals surface area contributed by atoms with Crippen molar-refractivity contribution >= 4 is 5.97 Å². The molecule has 2 saturated heterocycles. The first-order chi connectivity index (χ1) is 8.54. The van der Waals surface area contributed by atoms with E-state index in [4.69, 9.17) is 20.1 Å². The van der Waals surface area contributed by atoms with E-state index in [1.54, 1.807) is 0 Å². The Bertz CT molecular complexity index is 384. The number of azide groups is 1. The summed E-state index contributed by atoms with van der Waals surface area (Å²) in [5, 5.41) is 31.7. The predicted octanol–water partition coefficient (Wildman–Crippen LogP) is -0.972. The second kappa shape index (κ2) is 5.09. The van der Waals surface area contributed by atoms with Gasteiger partial charge in [-0.2, -0.15) is 0 Å². The fraction of sp³-hybridized carbons (Fsp3) is 0.889. The van der Waals surface area contributed by atoms with Crippen molar-refractivity contribution in [3.63, 3.8) is 0 Å². The Morgan fingerprint density at radius 2 is 2.11 bits per heavy atom. The number of fused-ring (bicyclic) bond motifs is 1. The van der Waals surface area contributed by atoms with Crippen LogP contribution in [-0.4, -0.2) is 64.5 Å². The van der Waals surface area contributed by atoms with Crippen LogP contribution in [0.1, 0.15) is 6.42 Å². The van der Waals surface area contributed by atoms with Crippen LogP contribution in [0.5, 0.6) is 0 Å². The van der Waals surface area contributed by atoms with Gasteiger partial charge in [-0.15, -0.1) is 0 Å². The van der Waals surface area contributed by atoms with Crippen molar-refractivity contribution in [2.75, 3.05) is 6.61 Å². The van der Waals surface area contributed by atoms with Gasteiger partial charge < -0.3 is 24.8 Å². The lowest BCUT2D eigenvalue weighted by atomic mass is 9.90. The molecule has 0 radical (unpaired) electrons. The monoisotopic (exact) mass is 259 g/mol. The molecule has 2 aliphatic rings. The molecule has 9 nitrogen and oxygen atoms in total. The molecule has 6 atom stereocenters. The molecule has 2 aliphatic heterocycles. The summed E-state index contributed by atoms with van der Waals surface area (Å²) in [6, 6.07) is -0.465. The summed E-state index contributed by atoms with van der Waals surface area (Å²) in [5.74, 6) is -1.36. The molecule has 0 aromatic heterocycles. The molecule has 0 aliphatic carbocycles. The minimum atomic E-state index is -1.54. The standard InChI is InChI=1S/C9H13N3O6/c10-12-11-3-1-4-7(17-2-3)5(13)6(14)8(18-4)9(15)16/h3-8,13-14H,1-2H2,(H,15,16)/t3-,4-,5+,6+,7+,8+/m1/s1. The van der Waals surface area contributed by atoms with Crippen LogP contribution < -0.4 is 0 Å². The van der Waals surface area contributed by atoms with Crippen LogP contribution in [0.4, 0.5) is 0 Å². The number of carboxylic acids is 1. The third-order valence-electron chi connectivity index (χ3n) is 3.13. The van der Waals surface area contributed by atoms with E-state index in [1.807, 2.05) is 0 Å². The molecule has 18 heavy (non-hydrogen) atoms. The summed E-state index contributed by atoms with van der Waals surface area (Å²) < 4.78 is 10.5. The lowest BCUT2D eigenvalue weighted by molar-refractivity contribution is -0.252. The highest BCUT2D eigenvalue weighted by atomic mass is 16.6. The highest BCUT2D eigenvalue weighted by molar-refractivity contribution is 5.73. The van der Waals surface area contributed by atoms with Gasteiger partial charge in [0.15, 0.2) is 6.10 Å². The van der Waals surface area contributed by atoms with Gasteiger partial charge >= 0.3 is 5.97 Å². The fourth-order valence-electron chi connectivity index (χ4n) is 2.25. The Balaban J connectivity index is 2.12. The van der Waals surface area contributed by atoms with Gasteiger partial charge in [0.2, 0.25) is 0 Å². The number of carboxylic acid groups (broad SMARTS) is 1.